The first kappa shape index (κ1) is 17.9. The second-order valence-electron chi connectivity index (χ2n) is 7.44. The van der Waals surface area contributed by atoms with E-state index in [4.69, 9.17) is 0 Å². The molecule has 0 spiro atoms. The van der Waals surface area contributed by atoms with Gasteiger partial charge in [-0.05, 0) is 28.8 Å². The molecule has 0 aromatic heterocycles. The SMILES string of the molecule is C[C@@H]1[C@H](c2ccccc2)N[C@H](c2ccccc2)C[C@]1(O)c1ccc(F)cc1. The predicted molar refractivity (Wildman–Crippen MR) is 106 cm³/mol. The van der Waals surface area contributed by atoms with E-state index in [1.807, 2.05) is 36.4 Å². The zero-order valence-corrected chi connectivity index (χ0v) is 15.3. The summed E-state index contributed by atoms with van der Waals surface area (Å²) in [6, 6.07) is 26.7. The van der Waals surface area contributed by atoms with Gasteiger partial charge in [0.1, 0.15) is 5.82 Å². The summed E-state index contributed by atoms with van der Waals surface area (Å²) < 4.78 is 13.5. The molecule has 4 atom stereocenters. The summed E-state index contributed by atoms with van der Waals surface area (Å²) in [7, 11) is 0. The zero-order valence-electron chi connectivity index (χ0n) is 15.3. The van der Waals surface area contributed by atoms with Crippen LogP contribution >= 0.6 is 0 Å². The number of hydrogen-bond acceptors (Lipinski definition) is 2. The van der Waals surface area contributed by atoms with Crippen LogP contribution in [0.25, 0.3) is 0 Å². The lowest BCUT2D eigenvalue weighted by Gasteiger charge is -2.48. The van der Waals surface area contributed by atoms with Gasteiger partial charge in [0.2, 0.25) is 0 Å². The minimum Gasteiger partial charge on any atom is -0.385 e. The summed E-state index contributed by atoms with van der Waals surface area (Å²) in [5, 5.41) is 15.5. The Morgan fingerprint density at radius 3 is 2.00 bits per heavy atom. The first-order valence-corrected chi connectivity index (χ1v) is 9.42. The molecule has 1 aliphatic heterocycles. The van der Waals surface area contributed by atoms with Crippen LogP contribution < -0.4 is 5.32 Å². The Bertz CT molecular complexity index is 881. The lowest BCUT2D eigenvalue weighted by atomic mass is 9.69. The van der Waals surface area contributed by atoms with Crippen molar-refractivity contribution in [3.8, 4) is 0 Å². The molecule has 2 nitrogen and oxygen atoms in total. The standard InChI is InChI=1S/C24H24FNO/c1-17-23(19-10-6-3-7-11-19)26-22(18-8-4-2-5-9-18)16-24(17,27)20-12-14-21(25)15-13-20/h2-15,17,22-23,26-27H,16H2,1H3/t17-,22+,23-,24-/m1/s1. The van der Waals surface area contributed by atoms with Crippen molar-refractivity contribution in [2.75, 3.05) is 0 Å². The average Bonchev–Trinajstić information content (AvgIpc) is 2.72. The molecule has 138 valence electrons. The Hall–Kier alpha value is -2.49. The van der Waals surface area contributed by atoms with Crippen LogP contribution in [0.4, 0.5) is 4.39 Å². The maximum Gasteiger partial charge on any atom is 0.123 e. The maximum absolute atomic E-state index is 13.5. The highest BCUT2D eigenvalue weighted by Gasteiger charge is 2.47. The minimum atomic E-state index is -1.06. The number of piperidine rings is 1. The molecule has 0 bridgehead atoms. The topological polar surface area (TPSA) is 32.3 Å². The van der Waals surface area contributed by atoms with E-state index in [1.165, 1.54) is 12.1 Å². The number of aliphatic hydroxyl groups is 1. The van der Waals surface area contributed by atoms with Gasteiger partial charge in [-0.15, -0.1) is 0 Å². The summed E-state index contributed by atoms with van der Waals surface area (Å²) in [5.41, 5.74) is 2.00. The lowest BCUT2D eigenvalue weighted by Crippen LogP contribution is -2.50. The second-order valence-corrected chi connectivity index (χ2v) is 7.44. The largest absolute Gasteiger partial charge is 0.385 e. The molecule has 3 heteroatoms. The Balaban J connectivity index is 1.78. The van der Waals surface area contributed by atoms with Gasteiger partial charge in [-0.1, -0.05) is 79.7 Å². The first-order chi connectivity index (χ1) is 13.1. The summed E-state index contributed by atoms with van der Waals surface area (Å²) in [5.74, 6) is -0.367. The van der Waals surface area contributed by atoms with E-state index in [1.54, 1.807) is 12.1 Å². The molecule has 2 N–H and O–H groups in total. The number of halogens is 1. The van der Waals surface area contributed by atoms with Crippen LogP contribution in [0.3, 0.4) is 0 Å². The quantitative estimate of drug-likeness (QED) is 0.678. The van der Waals surface area contributed by atoms with E-state index < -0.39 is 5.60 Å². The molecule has 1 aliphatic rings. The van der Waals surface area contributed by atoms with Crippen LogP contribution in [0.2, 0.25) is 0 Å². The Morgan fingerprint density at radius 1 is 0.852 bits per heavy atom. The first-order valence-electron chi connectivity index (χ1n) is 9.42. The van der Waals surface area contributed by atoms with Crippen molar-refractivity contribution in [2.45, 2.75) is 31.0 Å². The third-order valence-corrected chi connectivity index (χ3v) is 5.85. The van der Waals surface area contributed by atoms with Gasteiger partial charge >= 0.3 is 0 Å². The second kappa shape index (κ2) is 7.26. The number of hydrogen-bond donors (Lipinski definition) is 2. The average molecular weight is 361 g/mol. The maximum atomic E-state index is 13.5. The van der Waals surface area contributed by atoms with Crippen molar-refractivity contribution in [1.82, 2.24) is 5.32 Å². The van der Waals surface area contributed by atoms with Gasteiger partial charge in [0.25, 0.3) is 0 Å². The smallest absolute Gasteiger partial charge is 0.123 e. The third-order valence-electron chi connectivity index (χ3n) is 5.85. The molecule has 0 aliphatic carbocycles. The van der Waals surface area contributed by atoms with Gasteiger partial charge in [-0.25, -0.2) is 4.39 Å². The van der Waals surface area contributed by atoms with Gasteiger partial charge in [-0.3, -0.25) is 0 Å². The van der Waals surface area contributed by atoms with Crippen LogP contribution in [0.5, 0.6) is 0 Å². The molecule has 1 heterocycles. The molecule has 1 saturated heterocycles. The molecule has 0 saturated carbocycles. The molecule has 3 aromatic carbocycles. The van der Waals surface area contributed by atoms with E-state index in [0.29, 0.717) is 6.42 Å². The van der Waals surface area contributed by atoms with Crippen LogP contribution in [-0.4, -0.2) is 5.11 Å². The molecule has 0 amide bonds. The van der Waals surface area contributed by atoms with E-state index in [-0.39, 0.29) is 23.8 Å². The number of rotatable bonds is 3. The van der Waals surface area contributed by atoms with Gasteiger partial charge < -0.3 is 10.4 Å². The van der Waals surface area contributed by atoms with Crippen LogP contribution in [0.1, 0.15) is 42.1 Å². The summed E-state index contributed by atoms with van der Waals surface area (Å²) in [4.78, 5) is 0. The normalized spacial score (nSPS) is 28.0. The molecule has 4 rings (SSSR count). The monoisotopic (exact) mass is 361 g/mol. The fourth-order valence-electron chi connectivity index (χ4n) is 4.26. The van der Waals surface area contributed by atoms with Crippen molar-refractivity contribution in [1.29, 1.82) is 0 Å². The third kappa shape index (κ3) is 3.41. The van der Waals surface area contributed by atoms with Crippen molar-refractivity contribution in [3.63, 3.8) is 0 Å². The van der Waals surface area contributed by atoms with Crippen LogP contribution in [0, 0.1) is 11.7 Å². The molecular weight excluding hydrogens is 337 g/mol. The zero-order chi connectivity index (χ0) is 18.9. The predicted octanol–water partition coefficient (Wildman–Crippen LogP) is 5.13. The Labute approximate surface area is 159 Å². The van der Waals surface area contributed by atoms with Gasteiger partial charge in [0.15, 0.2) is 0 Å². The van der Waals surface area contributed by atoms with E-state index in [2.05, 4.69) is 36.5 Å². The van der Waals surface area contributed by atoms with Gasteiger partial charge in [0, 0.05) is 24.4 Å². The van der Waals surface area contributed by atoms with Crippen LogP contribution in [0.15, 0.2) is 84.9 Å². The van der Waals surface area contributed by atoms with Gasteiger partial charge in [0.05, 0.1) is 5.60 Å². The minimum absolute atomic E-state index is 0.00246. The lowest BCUT2D eigenvalue weighted by molar-refractivity contribution is -0.0743. The Kier molecular flexibility index (Phi) is 4.81. The Morgan fingerprint density at radius 2 is 1.41 bits per heavy atom. The highest BCUT2D eigenvalue weighted by molar-refractivity contribution is 5.32. The molecule has 3 aromatic rings. The van der Waals surface area contributed by atoms with E-state index in [9.17, 15) is 9.50 Å². The highest BCUT2D eigenvalue weighted by Crippen LogP contribution is 2.48. The highest BCUT2D eigenvalue weighted by atomic mass is 19.1. The van der Waals surface area contributed by atoms with Crippen LogP contribution in [-0.2, 0) is 5.60 Å². The summed E-state index contributed by atoms with van der Waals surface area (Å²) in [6.45, 7) is 2.06. The van der Waals surface area contributed by atoms with Crippen molar-refractivity contribution in [2.24, 2.45) is 5.92 Å². The fourth-order valence-corrected chi connectivity index (χ4v) is 4.26. The molecule has 27 heavy (non-hydrogen) atoms. The molecule has 0 radical (unpaired) electrons. The summed E-state index contributed by atoms with van der Waals surface area (Å²) >= 11 is 0. The van der Waals surface area contributed by atoms with Gasteiger partial charge in [-0.2, -0.15) is 0 Å². The van der Waals surface area contributed by atoms with E-state index >= 15 is 0 Å². The van der Waals surface area contributed by atoms with Crippen molar-refractivity contribution >= 4 is 0 Å². The fraction of sp³-hybridized carbons (Fsp3) is 0.250. The molecule has 1 fully saturated rings. The van der Waals surface area contributed by atoms with Crippen molar-refractivity contribution < 1.29 is 9.50 Å². The van der Waals surface area contributed by atoms with Crippen molar-refractivity contribution in [3.05, 3.63) is 107 Å². The summed E-state index contributed by atoms with van der Waals surface area (Å²) in [6.07, 6.45) is 0.535. The molecule has 0 unspecified atom stereocenters. The van der Waals surface area contributed by atoms with E-state index in [0.717, 1.165) is 16.7 Å². The molecular formula is C24H24FNO. The number of benzene rings is 3. The number of nitrogens with one attached hydrogen (secondary N) is 1.